The smallest absolute Gasteiger partial charge is 0.142 e. The maximum Gasteiger partial charge on any atom is 0.142 e. The highest BCUT2D eigenvalue weighted by Crippen LogP contribution is 2.31. The van der Waals surface area contributed by atoms with Gasteiger partial charge >= 0.3 is 0 Å². The fraction of sp³-hybridized carbons (Fsp3) is 0.179. The van der Waals surface area contributed by atoms with E-state index in [1.54, 1.807) is 7.11 Å². The molecule has 0 bridgehead atoms. The number of methoxy groups -OCH3 is 1. The number of nitrogens with zero attached hydrogens (tertiary/aromatic N) is 2. The summed E-state index contributed by atoms with van der Waals surface area (Å²) in [5.41, 5.74) is 8.67. The summed E-state index contributed by atoms with van der Waals surface area (Å²) in [6.07, 6.45) is 0. The van der Waals surface area contributed by atoms with E-state index in [0.717, 1.165) is 45.2 Å². The molecule has 3 aromatic carbocycles. The number of oxime groups is 1. The first-order valence-corrected chi connectivity index (χ1v) is 10.7. The molecule has 0 radical (unpaired) electrons. The average Bonchev–Trinajstić information content (AvgIpc) is 3.17. The zero-order valence-corrected chi connectivity index (χ0v) is 19.0. The molecule has 0 aliphatic heterocycles. The van der Waals surface area contributed by atoms with E-state index in [2.05, 4.69) is 66.0 Å². The van der Waals surface area contributed by atoms with Gasteiger partial charge in [0.05, 0.1) is 18.5 Å². The van der Waals surface area contributed by atoms with E-state index in [1.165, 1.54) is 5.56 Å². The van der Waals surface area contributed by atoms with Crippen molar-refractivity contribution in [3.8, 4) is 22.7 Å². The minimum atomic E-state index is 0.446. The molecule has 0 saturated heterocycles. The van der Waals surface area contributed by atoms with E-state index in [0.29, 0.717) is 6.61 Å². The third-order valence-corrected chi connectivity index (χ3v) is 5.56. The fourth-order valence-electron chi connectivity index (χ4n) is 3.87. The average molecular weight is 425 g/mol. The van der Waals surface area contributed by atoms with Crippen LogP contribution in [0.3, 0.4) is 0 Å². The summed E-state index contributed by atoms with van der Waals surface area (Å²) in [4.78, 5) is 5.66. The first-order valence-electron chi connectivity index (χ1n) is 10.7. The molecule has 0 N–H and O–H groups in total. The number of hydrogen-bond acceptors (Lipinski definition) is 3. The van der Waals surface area contributed by atoms with Gasteiger partial charge in [0.2, 0.25) is 0 Å². The second kappa shape index (κ2) is 9.56. The van der Waals surface area contributed by atoms with Gasteiger partial charge in [-0.05, 0) is 79.9 Å². The van der Waals surface area contributed by atoms with E-state index in [-0.39, 0.29) is 0 Å². The van der Waals surface area contributed by atoms with Crippen LogP contribution in [-0.4, -0.2) is 17.4 Å². The largest absolute Gasteiger partial charge is 0.497 e. The Hall–Kier alpha value is -3.79. The van der Waals surface area contributed by atoms with Crippen molar-refractivity contribution in [2.75, 3.05) is 7.11 Å². The molecule has 4 heteroatoms. The molecule has 4 rings (SSSR count). The van der Waals surface area contributed by atoms with Gasteiger partial charge in [0.1, 0.15) is 12.4 Å². The van der Waals surface area contributed by atoms with Gasteiger partial charge in [0, 0.05) is 16.9 Å². The van der Waals surface area contributed by atoms with Crippen LogP contribution in [-0.2, 0) is 11.4 Å². The molecule has 0 amide bonds. The predicted molar refractivity (Wildman–Crippen MR) is 131 cm³/mol. The first kappa shape index (κ1) is 21.4. The molecule has 0 atom stereocenters. The van der Waals surface area contributed by atoms with Crippen LogP contribution in [0.15, 0.2) is 90.1 Å². The van der Waals surface area contributed by atoms with Crippen molar-refractivity contribution in [1.82, 2.24) is 4.57 Å². The number of aromatic nitrogens is 1. The Balaban J connectivity index is 1.73. The molecular weight excluding hydrogens is 396 g/mol. The molecule has 4 aromatic rings. The van der Waals surface area contributed by atoms with Crippen molar-refractivity contribution in [2.45, 2.75) is 27.4 Å². The lowest BCUT2D eigenvalue weighted by Gasteiger charge is -2.13. The molecule has 0 fully saturated rings. The van der Waals surface area contributed by atoms with E-state index in [4.69, 9.17) is 9.57 Å². The van der Waals surface area contributed by atoms with Gasteiger partial charge in [0.25, 0.3) is 0 Å². The molecule has 0 aliphatic carbocycles. The third-order valence-electron chi connectivity index (χ3n) is 5.56. The van der Waals surface area contributed by atoms with Crippen LogP contribution in [0.4, 0.5) is 0 Å². The standard InChI is InChI=1S/C28H28N2O2/c1-20-9-8-12-25(17-20)30-22(3)27(18-28(30)24-13-15-26(31-4)16-14-24)21(2)29-32-19-23-10-6-5-7-11-23/h5-18H,19H2,1-4H3. The van der Waals surface area contributed by atoms with Crippen LogP contribution in [0, 0.1) is 13.8 Å². The first-order chi connectivity index (χ1) is 15.6. The summed E-state index contributed by atoms with van der Waals surface area (Å²) in [5, 5.41) is 4.42. The minimum absolute atomic E-state index is 0.446. The lowest BCUT2D eigenvalue weighted by molar-refractivity contribution is 0.130. The van der Waals surface area contributed by atoms with Crippen LogP contribution in [0.2, 0.25) is 0 Å². The fourth-order valence-corrected chi connectivity index (χ4v) is 3.87. The molecule has 4 nitrogen and oxygen atoms in total. The highest BCUT2D eigenvalue weighted by molar-refractivity contribution is 6.01. The minimum Gasteiger partial charge on any atom is -0.497 e. The Morgan fingerprint density at radius 3 is 2.31 bits per heavy atom. The van der Waals surface area contributed by atoms with Gasteiger partial charge in [-0.25, -0.2) is 0 Å². The maximum absolute atomic E-state index is 5.66. The Kier molecular flexibility index (Phi) is 6.41. The molecule has 0 unspecified atom stereocenters. The van der Waals surface area contributed by atoms with Crippen molar-refractivity contribution >= 4 is 5.71 Å². The Morgan fingerprint density at radius 2 is 1.62 bits per heavy atom. The topological polar surface area (TPSA) is 35.8 Å². The highest BCUT2D eigenvalue weighted by Gasteiger charge is 2.17. The van der Waals surface area contributed by atoms with Crippen LogP contribution in [0.25, 0.3) is 16.9 Å². The highest BCUT2D eigenvalue weighted by atomic mass is 16.6. The van der Waals surface area contributed by atoms with E-state index < -0.39 is 0 Å². The molecule has 0 saturated carbocycles. The van der Waals surface area contributed by atoms with E-state index >= 15 is 0 Å². The van der Waals surface area contributed by atoms with Crippen LogP contribution >= 0.6 is 0 Å². The lowest BCUT2D eigenvalue weighted by Crippen LogP contribution is -2.03. The lowest BCUT2D eigenvalue weighted by atomic mass is 10.1. The second-order valence-corrected chi connectivity index (χ2v) is 7.87. The summed E-state index contributed by atoms with van der Waals surface area (Å²) >= 11 is 0. The van der Waals surface area contributed by atoms with Crippen molar-refractivity contribution in [3.63, 3.8) is 0 Å². The number of rotatable bonds is 7. The van der Waals surface area contributed by atoms with E-state index in [9.17, 15) is 0 Å². The van der Waals surface area contributed by atoms with Crippen molar-refractivity contribution in [3.05, 3.63) is 107 Å². The Morgan fingerprint density at radius 1 is 0.875 bits per heavy atom. The summed E-state index contributed by atoms with van der Waals surface area (Å²) in [5.74, 6) is 0.839. The summed E-state index contributed by atoms with van der Waals surface area (Å²) in [6, 6.07) is 28.9. The van der Waals surface area contributed by atoms with Gasteiger partial charge in [-0.1, -0.05) is 47.6 Å². The van der Waals surface area contributed by atoms with Gasteiger partial charge in [-0.15, -0.1) is 0 Å². The zero-order valence-electron chi connectivity index (χ0n) is 19.0. The quantitative estimate of drug-likeness (QED) is 0.244. The van der Waals surface area contributed by atoms with Crippen LogP contribution in [0.5, 0.6) is 5.75 Å². The molecule has 1 heterocycles. The molecule has 0 spiro atoms. The van der Waals surface area contributed by atoms with Crippen molar-refractivity contribution in [1.29, 1.82) is 0 Å². The number of benzene rings is 3. The monoisotopic (exact) mass is 424 g/mol. The molecule has 162 valence electrons. The summed E-state index contributed by atoms with van der Waals surface area (Å²) in [6.45, 7) is 6.67. The van der Waals surface area contributed by atoms with Crippen LogP contribution < -0.4 is 4.74 Å². The number of hydrogen-bond donors (Lipinski definition) is 0. The van der Waals surface area contributed by atoms with Crippen molar-refractivity contribution < 1.29 is 9.57 Å². The summed E-state index contributed by atoms with van der Waals surface area (Å²) < 4.78 is 7.62. The van der Waals surface area contributed by atoms with Gasteiger partial charge in [0.15, 0.2) is 0 Å². The molecular formula is C28H28N2O2. The molecule has 32 heavy (non-hydrogen) atoms. The Bertz CT molecular complexity index is 1220. The van der Waals surface area contributed by atoms with Crippen LogP contribution in [0.1, 0.15) is 29.3 Å². The number of aryl methyl sites for hydroxylation is 1. The van der Waals surface area contributed by atoms with Crippen molar-refractivity contribution in [2.24, 2.45) is 5.16 Å². The predicted octanol–water partition coefficient (Wildman–Crippen LogP) is 6.71. The second-order valence-electron chi connectivity index (χ2n) is 7.87. The molecule has 1 aromatic heterocycles. The normalized spacial score (nSPS) is 11.4. The van der Waals surface area contributed by atoms with Gasteiger partial charge in [-0.3, -0.25) is 0 Å². The molecule has 0 aliphatic rings. The third kappa shape index (κ3) is 4.59. The zero-order chi connectivity index (χ0) is 22.5. The Labute approximate surface area is 189 Å². The van der Waals surface area contributed by atoms with Gasteiger partial charge < -0.3 is 14.1 Å². The van der Waals surface area contributed by atoms with Gasteiger partial charge in [-0.2, -0.15) is 0 Å². The number of ether oxygens (including phenoxy) is 1. The summed E-state index contributed by atoms with van der Waals surface area (Å²) in [7, 11) is 1.68. The SMILES string of the molecule is COc1ccc(-c2cc(C(C)=NOCc3ccccc3)c(C)n2-c2cccc(C)c2)cc1. The van der Waals surface area contributed by atoms with E-state index in [1.807, 2.05) is 49.4 Å². The maximum atomic E-state index is 5.66.